The van der Waals surface area contributed by atoms with E-state index in [4.69, 9.17) is 23.1 Å². The van der Waals surface area contributed by atoms with Crippen molar-refractivity contribution in [1.29, 1.82) is 0 Å². The molecule has 0 fully saturated rings. The Hall–Kier alpha value is -2.08. The van der Waals surface area contributed by atoms with Gasteiger partial charge in [0.15, 0.2) is 0 Å². The second-order valence-electron chi connectivity index (χ2n) is 3.10. The second-order valence-corrected chi connectivity index (χ2v) is 3.53. The Bertz CT molecular complexity index is 444. The Balaban J connectivity index is 2.81. The highest BCUT2D eigenvalue weighted by Crippen LogP contribution is 2.11. The number of hydrogen-bond acceptors (Lipinski definition) is 4. The molecule has 0 bridgehead atoms. The van der Waals surface area contributed by atoms with Crippen LogP contribution >= 0.6 is 11.6 Å². The van der Waals surface area contributed by atoms with E-state index in [-0.39, 0.29) is 5.56 Å². The number of primary amides is 2. The van der Waals surface area contributed by atoms with E-state index in [1.165, 1.54) is 24.3 Å². The molecule has 0 radical (unpaired) electrons. The summed E-state index contributed by atoms with van der Waals surface area (Å²) in [6, 6.07) is 5.68. The number of hydrogen-bond donors (Lipinski definition) is 2. The second kappa shape index (κ2) is 5.31. The third-order valence-electron chi connectivity index (χ3n) is 1.82. The van der Waals surface area contributed by atoms with Gasteiger partial charge in [0, 0.05) is 5.02 Å². The first-order valence-electron chi connectivity index (χ1n) is 4.47. The van der Waals surface area contributed by atoms with E-state index in [2.05, 4.69) is 4.74 Å². The third kappa shape index (κ3) is 3.46. The maximum absolute atomic E-state index is 11.5. The zero-order chi connectivity index (χ0) is 13.0. The molecule has 0 heterocycles. The van der Waals surface area contributed by atoms with E-state index in [0.717, 1.165) is 0 Å². The van der Waals surface area contributed by atoms with Crippen molar-refractivity contribution < 1.29 is 19.1 Å². The summed E-state index contributed by atoms with van der Waals surface area (Å²) in [5.41, 5.74) is 9.83. The van der Waals surface area contributed by atoms with E-state index in [1.54, 1.807) is 0 Å². The van der Waals surface area contributed by atoms with Crippen molar-refractivity contribution in [2.24, 2.45) is 11.5 Å². The summed E-state index contributed by atoms with van der Waals surface area (Å²) in [5, 5.41) is 0.433. The molecule has 1 aromatic rings. The fourth-order valence-corrected chi connectivity index (χ4v) is 1.14. The molecule has 4 N–H and O–H groups in total. The largest absolute Gasteiger partial charge is 0.438 e. The molecule has 0 saturated heterocycles. The molecule has 17 heavy (non-hydrogen) atoms. The van der Waals surface area contributed by atoms with Gasteiger partial charge in [0.05, 0.1) is 5.56 Å². The molecule has 6 nitrogen and oxygen atoms in total. The summed E-state index contributed by atoms with van der Waals surface area (Å²) in [5.74, 6) is -3.14. The van der Waals surface area contributed by atoms with Crippen molar-refractivity contribution in [1.82, 2.24) is 0 Å². The lowest BCUT2D eigenvalue weighted by Gasteiger charge is -2.10. The molecule has 90 valence electrons. The van der Waals surface area contributed by atoms with Gasteiger partial charge in [-0.3, -0.25) is 9.59 Å². The lowest BCUT2D eigenvalue weighted by atomic mass is 10.2. The average molecular weight is 257 g/mol. The molecule has 0 aromatic heterocycles. The van der Waals surface area contributed by atoms with E-state index in [0.29, 0.717) is 5.02 Å². The average Bonchev–Trinajstić information content (AvgIpc) is 2.25. The summed E-state index contributed by atoms with van der Waals surface area (Å²) < 4.78 is 4.57. The molecule has 7 heteroatoms. The highest BCUT2D eigenvalue weighted by molar-refractivity contribution is 6.30. The minimum atomic E-state index is -1.78. The van der Waals surface area contributed by atoms with Crippen LogP contribution in [0, 0.1) is 0 Å². The van der Waals surface area contributed by atoms with Crippen molar-refractivity contribution in [2.75, 3.05) is 0 Å². The number of rotatable bonds is 4. The van der Waals surface area contributed by atoms with Gasteiger partial charge in [-0.25, -0.2) is 4.79 Å². The Labute approximate surface area is 101 Å². The first-order chi connectivity index (χ1) is 7.91. The van der Waals surface area contributed by atoms with Crippen LogP contribution < -0.4 is 11.5 Å². The Kier molecular flexibility index (Phi) is 4.06. The standard InChI is InChI=1S/C10H9ClN2O4/c11-6-3-1-5(2-4-6)10(16)17-7(8(12)14)9(13)15/h1-4,7H,(H2,12,14)(H2,13,15). The number of benzene rings is 1. The van der Waals surface area contributed by atoms with Gasteiger partial charge in [0.2, 0.25) is 0 Å². The summed E-state index contributed by atoms with van der Waals surface area (Å²) in [6.45, 7) is 0. The van der Waals surface area contributed by atoms with Crippen molar-refractivity contribution in [3.63, 3.8) is 0 Å². The van der Waals surface area contributed by atoms with Gasteiger partial charge < -0.3 is 16.2 Å². The number of carbonyl (C=O) groups is 3. The maximum atomic E-state index is 11.5. The zero-order valence-electron chi connectivity index (χ0n) is 8.55. The van der Waals surface area contributed by atoms with Gasteiger partial charge in [-0.05, 0) is 24.3 Å². The monoisotopic (exact) mass is 256 g/mol. The predicted octanol–water partition coefficient (Wildman–Crippen LogP) is -0.164. The zero-order valence-corrected chi connectivity index (χ0v) is 9.31. The van der Waals surface area contributed by atoms with Crippen LogP contribution in [0.3, 0.4) is 0 Å². The van der Waals surface area contributed by atoms with Crippen molar-refractivity contribution in [2.45, 2.75) is 6.10 Å². The van der Waals surface area contributed by atoms with Crippen LogP contribution in [0.25, 0.3) is 0 Å². The minimum Gasteiger partial charge on any atom is -0.438 e. The van der Waals surface area contributed by atoms with Gasteiger partial charge in [-0.2, -0.15) is 0 Å². The predicted molar refractivity (Wildman–Crippen MR) is 59.0 cm³/mol. The quantitative estimate of drug-likeness (QED) is 0.575. The first kappa shape index (κ1) is 13.0. The smallest absolute Gasteiger partial charge is 0.339 e. The number of ether oxygens (including phenoxy) is 1. The van der Waals surface area contributed by atoms with Crippen molar-refractivity contribution in [3.05, 3.63) is 34.9 Å². The molecule has 2 amide bonds. The molecule has 0 spiro atoms. The summed E-state index contributed by atoms with van der Waals surface area (Å²) in [6.07, 6.45) is -1.78. The fraction of sp³-hybridized carbons (Fsp3) is 0.100. The van der Waals surface area contributed by atoms with Crippen LogP contribution in [-0.2, 0) is 14.3 Å². The van der Waals surface area contributed by atoms with Crippen LogP contribution in [-0.4, -0.2) is 23.9 Å². The van der Waals surface area contributed by atoms with Crippen molar-refractivity contribution in [3.8, 4) is 0 Å². The third-order valence-corrected chi connectivity index (χ3v) is 2.07. The summed E-state index contributed by atoms with van der Waals surface area (Å²) in [7, 11) is 0. The van der Waals surface area contributed by atoms with Gasteiger partial charge in [0.25, 0.3) is 17.9 Å². The van der Waals surface area contributed by atoms with Crippen LogP contribution in [0.5, 0.6) is 0 Å². The highest BCUT2D eigenvalue weighted by atomic mass is 35.5. The molecular formula is C10H9ClN2O4. The summed E-state index contributed by atoms with van der Waals surface area (Å²) in [4.78, 5) is 33.1. The topological polar surface area (TPSA) is 112 Å². The Morgan fingerprint density at radius 2 is 1.53 bits per heavy atom. The van der Waals surface area contributed by atoms with Crippen molar-refractivity contribution >= 4 is 29.4 Å². The number of nitrogens with two attached hydrogens (primary N) is 2. The van der Waals surface area contributed by atoms with Crippen LogP contribution in [0.15, 0.2) is 24.3 Å². The lowest BCUT2D eigenvalue weighted by Crippen LogP contribution is -2.43. The molecule has 0 aliphatic rings. The molecular weight excluding hydrogens is 248 g/mol. The van der Waals surface area contributed by atoms with Crippen LogP contribution in [0.4, 0.5) is 0 Å². The maximum Gasteiger partial charge on any atom is 0.339 e. The highest BCUT2D eigenvalue weighted by Gasteiger charge is 2.26. The summed E-state index contributed by atoms with van der Waals surface area (Å²) >= 11 is 5.62. The van der Waals surface area contributed by atoms with Gasteiger partial charge in [-0.1, -0.05) is 11.6 Å². The fourth-order valence-electron chi connectivity index (χ4n) is 1.02. The van der Waals surface area contributed by atoms with E-state index >= 15 is 0 Å². The molecule has 1 aromatic carbocycles. The van der Waals surface area contributed by atoms with Crippen LogP contribution in [0.1, 0.15) is 10.4 Å². The van der Waals surface area contributed by atoms with Gasteiger partial charge >= 0.3 is 5.97 Å². The molecule has 0 unspecified atom stereocenters. The van der Waals surface area contributed by atoms with E-state index in [9.17, 15) is 14.4 Å². The number of amides is 2. The number of esters is 1. The number of carbonyl (C=O) groups excluding carboxylic acids is 3. The molecule has 0 saturated carbocycles. The molecule has 0 aliphatic carbocycles. The van der Waals surface area contributed by atoms with Gasteiger partial charge in [0.1, 0.15) is 0 Å². The van der Waals surface area contributed by atoms with Gasteiger partial charge in [-0.15, -0.1) is 0 Å². The van der Waals surface area contributed by atoms with E-state index < -0.39 is 23.9 Å². The molecule has 0 atom stereocenters. The van der Waals surface area contributed by atoms with Crippen LogP contribution in [0.2, 0.25) is 5.02 Å². The first-order valence-corrected chi connectivity index (χ1v) is 4.85. The normalized spacial score (nSPS) is 10.0. The molecule has 1 rings (SSSR count). The molecule has 0 aliphatic heterocycles. The van der Waals surface area contributed by atoms with E-state index in [1.807, 2.05) is 0 Å². The minimum absolute atomic E-state index is 0.127. The Morgan fingerprint density at radius 3 is 1.94 bits per heavy atom. The SMILES string of the molecule is NC(=O)C(OC(=O)c1ccc(Cl)cc1)C(N)=O. The number of halogens is 1. The lowest BCUT2D eigenvalue weighted by molar-refractivity contribution is -0.137. The Morgan fingerprint density at radius 1 is 1.06 bits per heavy atom.